The molecule has 0 spiro atoms. The molecule has 0 saturated carbocycles. The number of nitrogens with zero attached hydrogens (tertiary/aromatic N) is 2. The van der Waals surface area contributed by atoms with Crippen LogP contribution < -0.4 is 5.73 Å². The molecule has 0 radical (unpaired) electrons. The summed E-state index contributed by atoms with van der Waals surface area (Å²) >= 11 is 0. The number of rotatable bonds is 4. The molecule has 0 amide bonds. The lowest BCUT2D eigenvalue weighted by Gasteiger charge is -2.13. The summed E-state index contributed by atoms with van der Waals surface area (Å²) in [5.74, 6) is 0. The summed E-state index contributed by atoms with van der Waals surface area (Å²) in [6, 6.07) is 14.9. The van der Waals surface area contributed by atoms with Gasteiger partial charge in [-0.1, -0.05) is 18.2 Å². The van der Waals surface area contributed by atoms with Crippen LogP contribution in [0.4, 0.5) is 0 Å². The van der Waals surface area contributed by atoms with E-state index in [4.69, 9.17) is 5.73 Å². The van der Waals surface area contributed by atoms with Crippen LogP contribution in [0.25, 0.3) is 10.9 Å². The highest BCUT2D eigenvalue weighted by Crippen LogP contribution is 2.20. The van der Waals surface area contributed by atoms with Crippen molar-refractivity contribution < 1.29 is 0 Å². The number of nitrogens with two attached hydrogens (primary N) is 1. The number of benzene rings is 1. The van der Waals surface area contributed by atoms with Gasteiger partial charge in [-0.05, 0) is 43.7 Å². The van der Waals surface area contributed by atoms with Gasteiger partial charge in [-0.15, -0.1) is 0 Å². The SMILES string of the molecule is Cc1cc(Cn2cccc2CC(C)N)c2ccccc2n1. The maximum atomic E-state index is 5.94. The van der Waals surface area contributed by atoms with Gasteiger partial charge in [-0.25, -0.2) is 0 Å². The summed E-state index contributed by atoms with van der Waals surface area (Å²) in [6.07, 6.45) is 3.03. The Hall–Kier alpha value is -2.13. The highest BCUT2D eigenvalue weighted by atomic mass is 15.0. The van der Waals surface area contributed by atoms with E-state index in [1.807, 2.05) is 13.0 Å². The van der Waals surface area contributed by atoms with Crippen molar-refractivity contribution in [3.63, 3.8) is 0 Å². The van der Waals surface area contributed by atoms with E-state index in [1.165, 1.54) is 16.6 Å². The molecule has 0 aliphatic heterocycles. The number of hydrogen-bond donors (Lipinski definition) is 1. The van der Waals surface area contributed by atoms with E-state index in [1.54, 1.807) is 0 Å². The van der Waals surface area contributed by atoms with Crippen LogP contribution in [0.3, 0.4) is 0 Å². The molecule has 21 heavy (non-hydrogen) atoms. The lowest BCUT2D eigenvalue weighted by Crippen LogP contribution is -2.20. The number of hydrogen-bond acceptors (Lipinski definition) is 2. The van der Waals surface area contributed by atoms with Crippen molar-refractivity contribution in [2.24, 2.45) is 5.73 Å². The van der Waals surface area contributed by atoms with Gasteiger partial charge in [0.1, 0.15) is 0 Å². The standard InChI is InChI=1S/C18H21N3/c1-13(19)10-16-6-5-9-21(16)12-15-11-14(2)20-18-8-4-3-7-17(15)18/h3-9,11,13H,10,12,19H2,1-2H3. The Kier molecular flexibility index (Phi) is 3.76. The summed E-state index contributed by atoms with van der Waals surface area (Å²) in [6.45, 7) is 4.96. The minimum Gasteiger partial charge on any atom is -0.347 e. The van der Waals surface area contributed by atoms with Crippen molar-refractivity contribution >= 4 is 10.9 Å². The van der Waals surface area contributed by atoms with Gasteiger partial charge in [0.15, 0.2) is 0 Å². The molecule has 3 heteroatoms. The summed E-state index contributed by atoms with van der Waals surface area (Å²) < 4.78 is 2.28. The van der Waals surface area contributed by atoms with E-state index < -0.39 is 0 Å². The van der Waals surface area contributed by atoms with Crippen molar-refractivity contribution in [3.8, 4) is 0 Å². The van der Waals surface area contributed by atoms with Crippen molar-refractivity contribution in [1.82, 2.24) is 9.55 Å². The van der Waals surface area contributed by atoms with E-state index in [0.717, 1.165) is 24.2 Å². The van der Waals surface area contributed by atoms with E-state index in [-0.39, 0.29) is 6.04 Å². The fourth-order valence-corrected chi connectivity index (χ4v) is 2.83. The average Bonchev–Trinajstić information content (AvgIpc) is 2.85. The topological polar surface area (TPSA) is 43.8 Å². The van der Waals surface area contributed by atoms with E-state index in [0.29, 0.717) is 0 Å². The van der Waals surface area contributed by atoms with Crippen molar-refractivity contribution in [2.45, 2.75) is 32.9 Å². The zero-order valence-electron chi connectivity index (χ0n) is 12.6. The smallest absolute Gasteiger partial charge is 0.0708 e. The highest BCUT2D eigenvalue weighted by Gasteiger charge is 2.08. The van der Waals surface area contributed by atoms with Crippen LogP contribution in [0.5, 0.6) is 0 Å². The van der Waals surface area contributed by atoms with Gasteiger partial charge in [0, 0.05) is 42.0 Å². The lowest BCUT2D eigenvalue weighted by molar-refractivity contribution is 0.667. The quantitative estimate of drug-likeness (QED) is 0.796. The molecule has 0 aliphatic rings. The number of pyridine rings is 1. The second-order valence-electron chi connectivity index (χ2n) is 5.75. The summed E-state index contributed by atoms with van der Waals surface area (Å²) in [4.78, 5) is 4.61. The summed E-state index contributed by atoms with van der Waals surface area (Å²) in [5, 5.41) is 1.23. The van der Waals surface area contributed by atoms with Crippen molar-refractivity contribution in [2.75, 3.05) is 0 Å². The molecular weight excluding hydrogens is 258 g/mol. The first-order chi connectivity index (χ1) is 10.1. The predicted octanol–water partition coefficient (Wildman–Crippen LogP) is 3.28. The molecule has 0 fully saturated rings. The Labute approximate surface area is 125 Å². The molecule has 3 rings (SSSR count). The lowest BCUT2D eigenvalue weighted by atomic mass is 10.1. The van der Waals surface area contributed by atoms with Crippen LogP contribution >= 0.6 is 0 Å². The van der Waals surface area contributed by atoms with Gasteiger partial charge >= 0.3 is 0 Å². The first-order valence-corrected chi connectivity index (χ1v) is 7.38. The van der Waals surface area contributed by atoms with Crippen LogP contribution in [0.15, 0.2) is 48.7 Å². The fourth-order valence-electron chi connectivity index (χ4n) is 2.83. The Morgan fingerprint density at radius 3 is 2.81 bits per heavy atom. The Morgan fingerprint density at radius 2 is 2.00 bits per heavy atom. The van der Waals surface area contributed by atoms with Crippen molar-refractivity contribution in [3.05, 3.63) is 65.6 Å². The van der Waals surface area contributed by atoms with Crippen molar-refractivity contribution in [1.29, 1.82) is 0 Å². The number of para-hydroxylation sites is 1. The molecule has 0 aliphatic carbocycles. The van der Waals surface area contributed by atoms with Crippen LogP contribution in [0.2, 0.25) is 0 Å². The molecule has 2 N–H and O–H groups in total. The van der Waals surface area contributed by atoms with Crippen LogP contribution in [0, 0.1) is 6.92 Å². The van der Waals surface area contributed by atoms with Gasteiger partial charge in [0.05, 0.1) is 5.52 Å². The normalized spacial score (nSPS) is 12.7. The van der Waals surface area contributed by atoms with Gasteiger partial charge < -0.3 is 10.3 Å². The number of aryl methyl sites for hydroxylation is 1. The predicted molar refractivity (Wildman–Crippen MR) is 87.4 cm³/mol. The molecule has 0 saturated heterocycles. The van der Waals surface area contributed by atoms with E-state index in [9.17, 15) is 0 Å². The van der Waals surface area contributed by atoms with Gasteiger partial charge in [0.25, 0.3) is 0 Å². The zero-order valence-corrected chi connectivity index (χ0v) is 12.6. The molecule has 1 aromatic carbocycles. The minimum absolute atomic E-state index is 0.176. The summed E-state index contributed by atoms with van der Waals surface area (Å²) in [5.41, 5.74) is 10.6. The third kappa shape index (κ3) is 2.98. The van der Waals surface area contributed by atoms with Gasteiger partial charge in [-0.2, -0.15) is 0 Å². The molecule has 1 atom stereocenters. The van der Waals surface area contributed by atoms with Crippen LogP contribution in [-0.4, -0.2) is 15.6 Å². The van der Waals surface area contributed by atoms with E-state index in [2.05, 4.69) is 59.1 Å². The monoisotopic (exact) mass is 279 g/mol. The van der Waals surface area contributed by atoms with Crippen LogP contribution in [0.1, 0.15) is 23.9 Å². The molecule has 2 heterocycles. The highest BCUT2D eigenvalue weighted by molar-refractivity contribution is 5.82. The fraction of sp³-hybridized carbons (Fsp3) is 0.278. The first kappa shape index (κ1) is 13.8. The molecule has 2 aromatic heterocycles. The van der Waals surface area contributed by atoms with Gasteiger partial charge in [0.2, 0.25) is 0 Å². The average molecular weight is 279 g/mol. The first-order valence-electron chi connectivity index (χ1n) is 7.38. The number of aromatic nitrogens is 2. The maximum absolute atomic E-state index is 5.94. The Balaban J connectivity index is 2.00. The second kappa shape index (κ2) is 5.70. The van der Waals surface area contributed by atoms with Crippen LogP contribution in [-0.2, 0) is 13.0 Å². The molecule has 0 bridgehead atoms. The maximum Gasteiger partial charge on any atom is 0.0708 e. The molecule has 1 unspecified atom stereocenters. The largest absolute Gasteiger partial charge is 0.347 e. The third-order valence-electron chi connectivity index (χ3n) is 3.73. The third-order valence-corrected chi connectivity index (χ3v) is 3.73. The second-order valence-corrected chi connectivity index (χ2v) is 5.75. The zero-order chi connectivity index (χ0) is 14.8. The molecule has 108 valence electrons. The van der Waals surface area contributed by atoms with E-state index >= 15 is 0 Å². The Bertz CT molecular complexity index is 756. The molecule has 3 aromatic rings. The summed E-state index contributed by atoms with van der Waals surface area (Å²) in [7, 11) is 0. The molecular formula is C18H21N3. The van der Waals surface area contributed by atoms with Gasteiger partial charge in [-0.3, -0.25) is 4.98 Å². The minimum atomic E-state index is 0.176. The molecule has 3 nitrogen and oxygen atoms in total. The number of fused-ring (bicyclic) bond motifs is 1. The Morgan fingerprint density at radius 1 is 1.19 bits per heavy atom.